The maximum absolute atomic E-state index is 2.50. The van der Waals surface area contributed by atoms with Gasteiger partial charge in [0.1, 0.15) is 0 Å². The van der Waals surface area contributed by atoms with Gasteiger partial charge >= 0.3 is 0 Å². The van der Waals surface area contributed by atoms with Crippen LogP contribution in [0.4, 0.5) is 34.1 Å². The van der Waals surface area contributed by atoms with E-state index in [-0.39, 0.29) is 0 Å². The van der Waals surface area contributed by atoms with Gasteiger partial charge in [0, 0.05) is 39.3 Å². The van der Waals surface area contributed by atoms with Crippen molar-refractivity contribution in [2.24, 2.45) is 0 Å². The Morgan fingerprint density at radius 1 is 0.305 bits per heavy atom. The third-order valence-corrected chi connectivity index (χ3v) is 12.6. The van der Waals surface area contributed by atoms with E-state index in [0.29, 0.717) is 0 Å². The molecule has 0 fully saturated rings. The van der Waals surface area contributed by atoms with Gasteiger partial charge < -0.3 is 9.80 Å². The molecule has 0 heterocycles. The van der Waals surface area contributed by atoms with Gasteiger partial charge in [-0.15, -0.1) is 0 Å². The highest BCUT2D eigenvalue weighted by atomic mass is 15.2. The molecular weight excluding hydrogens is 713 g/mol. The van der Waals surface area contributed by atoms with Crippen molar-refractivity contribution in [2.45, 2.75) is 5.41 Å². The lowest BCUT2D eigenvalue weighted by Crippen LogP contribution is -2.28. The Bertz CT molecular complexity index is 3190. The summed E-state index contributed by atoms with van der Waals surface area (Å²) >= 11 is 0. The van der Waals surface area contributed by atoms with Crippen LogP contribution in [0.3, 0.4) is 0 Å². The smallest absolute Gasteiger partial charge is 0.0747 e. The fourth-order valence-corrected chi connectivity index (χ4v) is 10.3. The molecule has 2 aliphatic carbocycles. The first-order valence-corrected chi connectivity index (χ1v) is 20.4. The highest BCUT2D eigenvalue weighted by Crippen LogP contribution is 2.67. The van der Waals surface area contributed by atoms with Crippen molar-refractivity contribution < 1.29 is 0 Å². The zero-order valence-electron chi connectivity index (χ0n) is 32.3. The third kappa shape index (κ3) is 4.87. The molecule has 0 radical (unpaired) electrons. The first-order chi connectivity index (χ1) is 29.3. The third-order valence-electron chi connectivity index (χ3n) is 12.6. The second kappa shape index (κ2) is 13.2. The Morgan fingerprint density at radius 2 is 0.831 bits per heavy atom. The second-order valence-electron chi connectivity index (χ2n) is 15.6. The van der Waals surface area contributed by atoms with Gasteiger partial charge in [0.25, 0.3) is 0 Å². The van der Waals surface area contributed by atoms with Crippen LogP contribution in [0.15, 0.2) is 231 Å². The summed E-state index contributed by atoms with van der Waals surface area (Å²) < 4.78 is 0. The molecule has 0 saturated heterocycles. The zero-order chi connectivity index (χ0) is 38.9. The van der Waals surface area contributed by atoms with Gasteiger partial charge in [-0.1, -0.05) is 170 Å². The largest absolute Gasteiger partial charge is 0.310 e. The Labute approximate surface area is 344 Å². The van der Waals surface area contributed by atoms with Crippen LogP contribution in [-0.4, -0.2) is 0 Å². The standard InChI is InChI=1S/C57H38N2/c1-4-22-42(23-5-1)58(45-36-35-39-19-10-11-20-40(39)37-45)53-34-18-33-52-54(53)48-30-15-17-32-51(48)57(52)50-31-16-14-29-47(50)49-38-41-21-12-13-28-46(41)56(55(49)57)59(43-24-6-2-7-25-43)44-26-8-3-9-27-44/h1-38H. The Morgan fingerprint density at radius 3 is 1.53 bits per heavy atom. The molecule has 1 spiro atoms. The minimum Gasteiger partial charge on any atom is -0.310 e. The summed E-state index contributed by atoms with van der Waals surface area (Å²) in [5, 5.41) is 4.88. The van der Waals surface area contributed by atoms with Gasteiger partial charge in [0.2, 0.25) is 0 Å². The van der Waals surface area contributed by atoms with Crippen LogP contribution in [0, 0.1) is 0 Å². The summed E-state index contributed by atoms with van der Waals surface area (Å²) in [6.45, 7) is 0. The van der Waals surface area contributed by atoms with Crippen molar-refractivity contribution >= 4 is 55.7 Å². The maximum Gasteiger partial charge on any atom is 0.0747 e. The molecule has 12 rings (SSSR count). The van der Waals surface area contributed by atoms with Gasteiger partial charge in [-0.05, 0) is 110 Å². The van der Waals surface area contributed by atoms with E-state index in [1.807, 2.05) is 0 Å². The van der Waals surface area contributed by atoms with Crippen LogP contribution < -0.4 is 9.80 Å². The van der Waals surface area contributed by atoms with E-state index < -0.39 is 5.41 Å². The normalized spacial score (nSPS) is 14.5. The summed E-state index contributed by atoms with van der Waals surface area (Å²) in [4.78, 5) is 4.97. The SMILES string of the molecule is c1ccc(N(c2ccc3ccccc3c2)c2cccc3c2-c2ccccc2C32c3ccccc3-c3cc4ccccc4c(N(c4ccccc4)c4ccccc4)c32)cc1. The van der Waals surface area contributed by atoms with E-state index in [1.165, 1.54) is 71.7 Å². The Balaban J connectivity index is 1.23. The molecule has 10 aromatic rings. The fourth-order valence-electron chi connectivity index (χ4n) is 10.3. The van der Waals surface area contributed by atoms with Gasteiger partial charge in [0.05, 0.1) is 16.8 Å². The van der Waals surface area contributed by atoms with Crippen molar-refractivity contribution in [3.63, 3.8) is 0 Å². The molecule has 0 aliphatic heterocycles. The summed E-state index contributed by atoms with van der Waals surface area (Å²) in [7, 11) is 0. The lowest BCUT2D eigenvalue weighted by Gasteiger charge is -2.37. The van der Waals surface area contributed by atoms with Gasteiger partial charge in [-0.2, -0.15) is 0 Å². The summed E-state index contributed by atoms with van der Waals surface area (Å²) in [5.41, 5.74) is 16.5. The molecule has 0 bridgehead atoms. The minimum atomic E-state index is -0.624. The molecular formula is C57H38N2. The van der Waals surface area contributed by atoms with Crippen molar-refractivity contribution in [3.05, 3.63) is 253 Å². The molecule has 2 nitrogen and oxygen atoms in total. The monoisotopic (exact) mass is 750 g/mol. The van der Waals surface area contributed by atoms with E-state index in [0.717, 1.165) is 28.4 Å². The van der Waals surface area contributed by atoms with Crippen LogP contribution in [0.1, 0.15) is 22.3 Å². The number of hydrogen-bond donors (Lipinski definition) is 0. The predicted molar refractivity (Wildman–Crippen MR) is 247 cm³/mol. The van der Waals surface area contributed by atoms with Crippen molar-refractivity contribution in [2.75, 3.05) is 9.80 Å². The first-order valence-electron chi connectivity index (χ1n) is 20.4. The number of anilines is 6. The summed E-state index contributed by atoms with van der Waals surface area (Å²) in [5.74, 6) is 0. The first kappa shape index (κ1) is 33.5. The molecule has 59 heavy (non-hydrogen) atoms. The Hall–Kier alpha value is -7.68. The van der Waals surface area contributed by atoms with E-state index in [1.54, 1.807) is 0 Å². The minimum absolute atomic E-state index is 0.624. The van der Waals surface area contributed by atoms with Crippen molar-refractivity contribution in [3.8, 4) is 22.3 Å². The summed E-state index contributed by atoms with van der Waals surface area (Å²) in [6.07, 6.45) is 0. The highest BCUT2D eigenvalue weighted by molar-refractivity contribution is 6.11. The quantitative estimate of drug-likeness (QED) is 0.167. The number of rotatable bonds is 6. The molecule has 0 aromatic heterocycles. The van der Waals surface area contributed by atoms with Crippen LogP contribution in [0.2, 0.25) is 0 Å². The number of fused-ring (bicyclic) bond motifs is 12. The highest BCUT2D eigenvalue weighted by Gasteiger charge is 2.54. The van der Waals surface area contributed by atoms with Crippen molar-refractivity contribution in [1.29, 1.82) is 0 Å². The van der Waals surface area contributed by atoms with Crippen LogP contribution in [0.25, 0.3) is 43.8 Å². The molecule has 10 aromatic carbocycles. The van der Waals surface area contributed by atoms with Crippen LogP contribution in [-0.2, 0) is 5.41 Å². The molecule has 0 amide bonds. The lowest BCUT2D eigenvalue weighted by molar-refractivity contribution is 0.794. The van der Waals surface area contributed by atoms with E-state index in [2.05, 4.69) is 240 Å². The second-order valence-corrected chi connectivity index (χ2v) is 15.6. The predicted octanol–water partition coefficient (Wildman–Crippen LogP) is 15.3. The molecule has 2 heteroatoms. The molecule has 1 unspecified atom stereocenters. The zero-order valence-corrected chi connectivity index (χ0v) is 32.3. The molecule has 1 atom stereocenters. The molecule has 276 valence electrons. The van der Waals surface area contributed by atoms with Gasteiger partial charge in [-0.3, -0.25) is 0 Å². The topological polar surface area (TPSA) is 6.48 Å². The number of hydrogen-bond acceptors (Lipinski definition) is 2. The maximum atomic E-state index is 2.50. The lowest BCUT2D eigenvalue weighted by atomic mass is 9.69. The number of para-hydroxylation sites is 3. The van der Waals surface area contributed by atoms with Crippen molar-refractivity contribution in [1.82, 2.24) is 0 Å². The van der Waals surface area contributed by atoms with Crippen LogP contribution >= 0.6 is 0 Å². The van der Waals surface area contributed by atoms with Crippen LogP contribution in [0.5, 0.6) is 0 Å². The molecule has 0 N–H and O–H groups in total. The fraction of sp³-hybridized carbons (Fsp3) is 0.0175. The van der Waals surface area contributed by atoms with E-state index in [4.69, 9.17) is 0 Å². The van der Waals surface area contributed by atoms with E-state index in [9.17, 15) is 0 Å². The molecule has 0 saturated carbocycles. The average molecular weight is 751 g/mol. The Kier molecular flexibility index (Phi) is 7.48. The van der Waals surface area contributed by atoms with Gasteiger partial charge in [-0.25, -0.2) is 0 Å². The number of nitrogens with zero attached hydrogens (tertiary/aromatic N) is 2. The van der Waals surface area contributed by atoms with Gasteiger partial charge in [0.15, 0.2) is 0 Å². The average Bonchev–Trinajstić information content (AvgIpc) is 3.77. The summed E-state index contributed by atoms with van der Waals surface area (Å²) in [6, 6.07) is 84.9. The molecule has 2 aliphatic rings. The van der Waals surface area contributed by atoms with E-state index >= 15 is 0 Å². The number of benzene rings is 10.